The van der Waals surface area contributed by atoms with E-state index in [-0.39, 0.29) is 22.6 Å². The van der Waals surface area contributed by atoms with Crippen LogP contribution in [0.2, 0.25) is 0 Å². The highest BCUT2D eigenvalue weighted by Gasteiger charge is 2.20. The van der Waals surface area contributed by atoms with Crippen molar-refractivity contribution in [3.8, 4) is 0 Å². The molecule has 0 saturated carbocycles. The number of carbonyl (C=O) groups is 3. The van der Waals surface area contributed by atoms with Crippen LogP contribution in [-0.4, -0.2) is 29.2 Å². The van der Waals surface area contributed by atoms with Gasteiger partial charge in [-0.3, -0.25) is 19.7 Å². The monoisotopic (exact) mass is 424 g/mol. The summed E-state index contributed by atoms with van der Waals surface area (Å²) in [6, 6.07) is 13.6. The molecule has 0 spiro atoms. The maximum absolute atomic E-state index is 12.6. The molecule has 0 radical (unpaired) electrons. The van der Waals surface area contributed by atoms with Gasteiger partial charge in [0, 0.05) is 23.4 Å². The SMILES string of the molecule is Cc1cc([N+](=O)[O-])ccc1NC(=O)COC(=O)c1ccccc1C(=O)c1cccs1. The smallest absolute Gasteiger partial charge is 0.339 e. The van der Waals surface area contributed by atoms with Crippen LogP contribution < -0.4 is 5.32 Å². The number of ether oxygens (including phenoxy) is 1. The van der Waals surface area contributed by atoms with E-state index in [0.717, 1.165) is 0 Å². The Morgan fingerprint density at radius 2 is 1.80 bits per heavy atom. The molecule has 1 N–H and O–H groups in total. The van der Waals surface area contributed by atoms with Crippen LogP contribution in [0.5, 0.6) is 0 Å². The normalized spacial score (nSPS) is 10.3. The zero-order valence-corrected chi connectivity index (χ0v) is 16.6. The number of nitro benzene ring substituents is 1. The maximum Gasteiger partial charge on any atom is 0.339 e. The second kappa shape index (κ2) is 9.10. The highest BCUT2D eigenvalue weighted by molar-refractivity contribution is 7.12. The van der Waals surface area contributed by atoms with Crippen LogP contribution in [0, 0.1) is 17.0 Å². The Labute approximate surface area is 175 Å². The number of nitrogens with zero attached hydrogens (tertiary/aromatic N) is 1. The molecule has 0 bridgehead atoms. The summed E-state index contributed by atoms with van der Waals surface area (Å²) in [6.45, 7) is 1.04. The minimum atomic E-state index is -0.800. The highest BCUT2D eigenvalue weighted by Crippen LogP contribution is 2.21. The van der Waals surface area contributed by atoms with E-state index in [2.05, 4.69) is 5.32 Å². The van der Waals surface area contributed by atoms with Crippen molar-refractivity contribution in [2.24, 2.45) is 0 Å². The lowest BCUT2D eigenvalue weighted by Crippen LogP contribution is -2.22. The number of non-ortho nitro benzene ring substituents is 1. The molecule has 2 aromatic carbocycles. The Kier molecular flexibility index (Phi) is 6.33. The topological polar surface area (TPSA) is 116 Å². The molecule has 1 aromatic heterocycles. The first-order chi connectivity index (χ1) is 14.4. The number of hydrogen-bond donors (Lipinski definition) is 1. The third-order valence-corrected chi connectivity index (χ3v) is 5.03. The molecule has 1 heterocycles. The van der Waals surface area contributed by atoms with Crippen LogP contribution in [0.4, 0.5) is 11.4 Å². The summed E-state index contributed by atoms with van der Waals surface area (Å²) >= 11 is 1.26. The average Bonchev–Trinajstić information content (AvgIpc) is 3.27. The summed E-state index contributed by atoms with van der Waals surface area (Å²) in [5, 5.41) is 15.1. The summed E-state index contributed by atoms with van der Waals surface area (Å²) in [5.41, 5.74) is 1.03. The Bertz CT molecular complexity index is 1120. The molecule has 9 heteroatoms. The zero-order chi connectivity index (χ0) is 21.7. The van der Waals surface area contributed by atoms with Crippen molar-refractivity contribution in [1.29, 1.82) is 0 Å². The van der Waals surface area contributed by atoms with Crippen molar-refractivity contribution >= 4 is 40.4 Å². The molecule has 0 atom stereocenters. The quantitative estimate of drug-likeness (QED) is 0.265. The number of nitrogens with one attached hydrogen (secondary N) is 1. The van der Waals surface area contributed by atoms with Gasteiger partial charge in [0.15, 0.2) is 6.61 Å². The Hall–Kier alpha value is -3.85. The first-order valence-corrected chi connectivity index (χ1v) is 9.64. The predicted octanol–water partition coefficient (Wildman–Crippen LogP) is 3.99. The number of anilines is 1. The van der Waals surface area contributed by atoms with E-state index >= 15 is 0 Å². The van der Waals surface area contributed by atoms with Gasteiger partial charge < -0.3 is 10.1 Å². The molecule has 1 amide bonds. The molecule has 0 unspecified atom stereocenters. The largest absolute Gasteiger partial charge is 0.452 e. The van der Waals surface area contributed by atoms with Gasteiger partial charge in [0.2, 0.25) is 5.78 Å². The molecular weight excluding hydrogens is 408 g/mol. The van der Waals surface area contributed by atoms with Gasteiger partial charge in [-0.25, -0.2) is 4.79 Å². The van der Waals surface area contributed by atoms with Crippen LogP contribution in [0.1, 0.15) is 31.2 Å². The predicted molar refractivity (Wildman–Crippen MR) is 111 cm³/mol. The van der Waals surface area contributed by atoms with Crippen molar-refractivity contribution in [1.82, 2.24) is 0 Å². The molecule has 3 aromatic rings. The molecular formula is C21H16N2O6S. The van der Waals surface area contributed by atoms with E-state index in [4.69, 9.17) is 4.74 Å². The van der Waals surface area contributed by atoms with E-state index in [9.17, 15) is 24.5 Å². The second-order valence-electron chi connectivity index (χ2n) is 6.23. The highest BCUT2D eigenvalue weighted by atomic mass is 32.1. The molecule has 3 rings (SSSR count). The number of hydrogen-bond acceptors (Lipinski definition) is 7. The van der Waals surface area contributed by atoms with Crippen molar-refractivity contribution < 1.29 is 24.0 Å². The van der Waals surface area contributed by atoms with Crippen LogP contribution in [-0.2, 0) is 9.53 Å². The van der Waals surface area contributed by atoms with Gasteiger partial charge >= 0.3 is 5.97 Å². The van der Waals surface area contributed by atoms with Gasteiger partial charge in [-0.15, -0.1) is 11.3 Å². The van der Waals surface area contributed by atoms with Crippen molar-refractivity contribution in [2.45, 2.75) is 6.92 Å². The zero-order valence-electron chi connectivity index (χ0n) is 15.8. The Balaban J connectivity index is 1.66. The number of carbonyl (C=O) groups excluding carboxylic acids is 3. The van der Waals surface area contributed by atoms with E-state index in [1.165, 1.54) is 41.7 Å². The fourth-order valence-electron chi connectivity index (χ4n) is 2.70. The summed E-state index contributed by atoms with van der Waals surface area (Å²) in [5.74, 6) is -1.71. The van der Waals surface area contributed by atoms with E-state index in [1.54, 1.807) is 36.6 Å². The van der Waals surface area contributed by atoms with E-state index in [1.807, 2.05) is 0 Å². The van der Waals surface area contributed by atoms with Gasteiger partial charge in [-0.05, 0) is 36.1 Å². The summed E-state index contributed by atoms with van der Waals surface area (Å²) in [6.07, 6.45) is 0. The van der Waals surface area contributed by atoms with Crippen LogP contribution in [0.15, 0.2) is 60.0 Å². The molecule has 8 nitrogen and oxygen atoms in total. The summed E-state index contributed by atoms with van der Waals surface area (Å²) < 4.78 is 5.06. The van der Waals surface area contributed by atoms with Crippen molar-refractivity contribution in [3.05, 3.63) is 91.7 Å². The summed E-state index contributed by atoms with van der Waals surface area (Å²) in [4.78, 5) is 47.9. The Morgan fingerprint density at radius 3 is 2.43 bits per heavy atom. The maximum atomic E-state index is 12.6. The van der Waals surface area contributed by atoms with Gasteiger partial charge in [-0.1, -0.05) is 24.3 Å². The average molecular weight is 424 g/mol. The number of thiophene rings is 1. The standard InChI is InChI=1S/C21H16N2O6S/c1-13-11-14(23(27)28)8-9-17(13)22-19(24)12-29-21(26)16-6-3-2-5-15(16)20(25)18-7-4-10-30-18/h2-11H,12H2,1H3,(H,22,24). The lowest BCUT2D eigenvalue weighted by molar-refractivity contribution is -0.384. The molecule has 0 aliphatic rings. The number of amides is 1. The van der Waals surface area contributed by atoms with E-state index < -0.39 is 23.4 Å². The molecule has 30 heavy (non-hydrogen) atoms. The minimum Gasteiger partial charge on any atom is -0.452 e. The van der Waals surface area contributed by atoms with Crippen LogP contribution >= 0.6 is 11.3 Å². The number of rotatable bonds is 7. The molecule has 0 fully saturated rings. The molecule has 0 aliphatic heterocycles. The van der Waals surface area contributed by atoms with Gasteiger partial charge in [0.05, 0.1) is 15.4 Å². The third kappa shape index (κ3) is 4.76. The lowest BCUT2D eigenvalue weighted by atomic mass is 10.0. The summed E-state index contributed by atoms with van der Waals surface area (Å²) in [7, 11) is 0. The van der Waals surface area contributed by atoms with Crippen molar-refractivity contribution in [3.63, 3.8) is 0 Å². The number of nitro groups is 1. The first-order valence-electron chi connectivity index (χ1n) is 8.76. The van der Waals surface area contributed by atoms with Gasteiger partial charge in [0.25, 0.3) is 11.6 Å². The first kappa shape index (κ1) is 20.9. The third-order valence-electron chi connectivity index (χ3n) is 4.17. The Morgan fingerprint density at radius 1 is 1.07 bits per heavy atom. The van der Waals surface area contributed by atoms with Crippen molar-refractivity contribution in [2.75, 3.05) is 11.9 Å². The molecule has 152 valence electrons. The fraction of sp³-hybridized carbons (Fsp3) is 0.0952. The van der Waals surface area contributed by atoms with Gasteiger partial charge in [-0.2, -0.15) is 0 Å². The minimum absolute atomic E-state index is 0.0650. The van der Waals surface area contributed by atoms with Crippen LogP contribution in [0.3, 0.4) is 0 Å². The van der Waals surface area contributed by atoms with E-state index in [0.29, 0.717) is 16.1 Å². The van der Waals surface area contributed by atoms with Crippen LogP contribution in [0.25, 0.3) is 0 Å². The molecule has 0 aliphatic carbocycles. The fourth-order valence-corrected chi connectivity index (χ4v) is 3.37. The number of ketones is 1. The number of esters is 1. The lowest BCUT2D eigenvalue weighted by Gasteiger charge is -2.10. The van der Waals surface area contributed by atoms with Gasteiger partial charge in [0.1, 0.15) is 0 Å². The second-order valence-corrected chi connectivity index (χ2v) is 7.18. The number of benzene rings is 2. The molecule has 0 saturated heterocycles. The number of aryl methyl sites for hydroxylation is 1.